The van der Waals surface area contributed by atoms with Crippen LogP contribution in [0.25, 0.3) is 0 Å². The van der Waals surface area contributed by atoms with Crippen molar-refractivity contribution in [3.05, 3.63) is 0 Å². The van der Waals surface area contributed by atoms with E-state index in [9.17, 15) is 0 Å². The highest BCUT2D eigenvalue weighted by Gasteiger charge is 2.00. The molecule has 1 atom stereocenters. The van der Waals surface area contributed by atoms with Gasteiger partial charge in [0.15, 0.2) is 0 Å². The zero-order chi connectivity index (χ0) is 9.94. The van der Waals surface area contributed by atoms with Crippen LogP contribution in [0.3, 0.4) is 0 Å². The molecule has 0 radical (unpaired) electrons. The zero-order valence-corrected chi connectivity index (χ0v) is 11.0. The van der Waals surface area contributed by atoms with Crippen LogP contribution in [0.1, 0.15) is 39.0 Å². The van der Waals surface area contributed by atoms with Crippen LogP contribution in [0, 0.1) is 5.92 Å². The van der Waals surface area contributed by atoms with Crippen molar-refractivity contribution in [2.45, 2.75) is 39.0 Å². The van der Waals surface area contributed by atoms with Crippen LogP contribution in [0.2, 0.25) is 0 Å². The highest BCUT2D eigenvalue weighted by molar-refractivity contribution is 7.98. The number of hydrogen-bond donors (Lipinski definition) is 0. The van der Waals surface area contributed by atoms with Gasteiger partial charge in [0.1, 0.15) is 0 Å². The maximum absolute atomic E-state index is 2.40. The Balaban J connectivity index is 3.05. The summed E-state index contributed by atoms with van der Waals surface area (Å²) >= 11 is 3.94. The Bertz CT molecular complexity index is 94.1. The molecule has 0 aromatic carbocycles. The largest absolute Gasteiger partial charge is 0.165 e. The van der Waals surface area contributed by atoms with Gasteiger partial charge in [0.05, 0.1) is 0 Å². The zero-order valence-electron chi connectivity index (χ0n) is 9.34. The first-order valence-electron chi connectivity index (χ1n) is 5.29. The van der Waals surface area contributed by atoms with Crippen LogP contribution in [0.5, 0.6) is 0 Å². The standard InChI is InChI=1S/C11H24S2/c1-11(8-6-10-13-3)7-4-5-9-12-2/h11H,4-10H2,1-3H3. The molecule has 0 nitrogen and oxygen atoms in total. The van der Waals surface area contributed by atoms with Gasteiger partial charge in [-0.25, -0.2) is 0 Å². The van der Waals surface area contributed by atoms with Crippen molar-refractivity contribution in [2.75, 3.05) is 24.0 Å². The molecule has 0 saturated carbocycles. The lowest BCUT2D eigenvalue weighted by molar-refractivity contribution is 0.469. The molecule has 80 valence electrons. The number of rotatable bonds is 9. The van der Waals surface area contributed by atoms with E-state index >= 15 is 0 Å². The van der Waals surface area contributed by atoms with Crippen LogP contribution in [0.15, 0.2) is 0 Å². The smallest absolute Gasteiger partial charge is 0.00702 e. The lowest BCUT2D eigenvalue weighted by atomic mass is 10.00. The van der Waals surface area contributed by atoms with Gasteiger partial charge in [-0.2, -0.15) is 23.5 Å². The summed E-state index contributed by atoms with van der Waals surface area (Å²) in [7, 11) is 0. The summed E-state index contributed by atoms with van der Waals surface area (Å²) in [6.07, 6.45) is 11.5. The summed E-state index contributed by atoms with van der Waals surface area (Å²) in [5, 5.41) is 0. The first-order valence-corrected chi connectivity index (χ1v) is 8.08. The highest BCUT2D eigenvalue weighted by atomic mass is 32.2. The van der Waals surface area contributed by atoms with Crippen LogP contribution >= 0.6 is 23.5 Å². The monoisotopic (exact) mass is 220 g/mol. The lowest BCUT2D eigenvalue weighted by Gasteiger charge is -2.09. The Morgan fingerprint density at radius 2 is 1.38 bits per heavy atom. The fourth-order valence-electron chi connectivity index (χ4n) is 1.46. The normalized spacial score (nSPS) is 13.2. The molecule has 0 aromatic heterocycles. The molecule has 0 amide bonds. The molecule has 0 saturated heterocycles. The van der Waals surface area contributed by atoms with E-state index in [0.717, 1.165) is 5.92 Å². The summed E-state index contributed by atoms with van der Waals surface area (Å²) in [6, 6.07) is 0. The highest BCUT2D eigenvalue weighted by Crippen LogP contribution is 2.16. The predicted molar refractivity (Wildman–Crippen MR) is 69.0 cm³/mol. The molecular weight excluding hydrogens is 196 g/mol. The first-order chi connectivity index (χ1) is 6.31. The molecule has 13 heavy (non-hydrogen) atoms. The third-order valence-corrected chi connectivity index (χ3v) is 3.73. The quantitative estimate of drug-likeness (QED) is 0.531. The van der Waals surface area contributed by atoms with Crippen molar-refractivity contribution < 1.29 is 0 Å². The van der Waals surface area contributed by atoms with Gasteiger partial charge in [-0.1, -0.05) is 19.8 Å². The topological polar surface area (TPSA) is 0 Å². The molecule has 0 aliphatic carbocycles. The van der Waals surface area contributed by atoms with Crippen LogP contribution in [-0.4, -0.2) is 24.0 Å². The summed E-state index contributed by atoms with van der Waals surface area (Å²) in [5.74, 6) is 3.64. The van der Waals surface area contributed by atoms with Gasteiger partial charge in [0, 0.05) is 0 Å². The number of thioether (sulfide) groups is 2. The van der Waals surface area contributed by atoms with E-state index in [0.29, 0.717) is 0 Å². The van der Waals surface area contributed by atoms with Crippen molar-refractivity contribution in [1.82, 2.24) is 0 Å². The SMILES string of the molecule is CSCCCCC(C)CCCSC. The average Bonchev–Trinajstić information content (AvgIpc) is 2.13. The number of unbranched alkanes of at least 4 members (excludes halogenated alkanes) is 1. The van der Waals surface area contributed by atoms with E-state index in [4.69, 9.17) is 0 Å². The van der Waals surface area contributed by atoms with E-state index in [1.54, 1.807) is 0 Å². The molecule has 1 unspecified atom stereocenters. The fraction of sp³-hybridized carbons (Fsp3) is 1.00. The van der Waals surface area contributed by atoms with Crippen LogP contribution < -0.4 is 0 Å². The maximum atomic E-state index is 2.40. The molecule has 0 bridgehead atoms. The van der Waals surface area contributed by atoms with Gasteiger partial charge in [-0.3, -0.25) is 0 Å². The summed E-state index contributed by atoms with van der Waals surface area (Å²) in [5.41, 5.74) is 0. The third-order valence-electron chi connectivity index (χ3n) is 2.34. The van der Waals surface area contributed by atoms with Gasteiger partial charge < -0.3 is 0 Å². The summed E-state index contributed by atoms with van der Waals surface area (Å²) in [6.45, 7) is 2.40. The molecule has 0 heterocycles. The minimum atomic E-state index is 0.953. The molecule has 0 spiro atoms. The Morgan fingerprint density at radius 1 is 0.846 bits per heavy atom. The van der Waals surface area contributed by atoms with E-state index in [2.05, 4.69) is 19.4 Å². The second-order valence-electron chi connectivity index (χ2n) is 3.73. The van der Waals surface area contributed by atoms with Crippen LogP contribution in [0.4, 0.5) is 0 Å². The first kappa shape index (κ1) is 13.7. The predicted octanol–water partition coefficient (Wildman–Crippen LogP) is 4.30. The van der Waals surface area contributed by atoms with Crippen molar-refractivity contribution in [1.29, 1.82) is 0 Å². The molecule has 0 fully saturated rings. The van der Waals surface area contributed by atoms with E-state index in [1.807, 2.05) is 23.5 Å². The van der Waals surface area contributed by atoms with Crippen molar-refractivity contribution >= 4 is 23.5 Å². The second kappa shape index (κ2) is 10.8. The summed E-state index contributed by atoms with van der Waals surface area (Å²) in [4.78, 5) is 0. The molecule has 0 aliphatic heterocycles. The molecule has 0 N–H and O–H groups in total. The van der Waals surface area contributed by atoms with E-state index in [-0.39, 0.29) is 0 Å². The van der Waals surface area contributed by atoms with Gasteiger partial charge >= 0.3 is 0 Å². The van der Waals surface area contributed by atoms with E-state index < -0.39 is 0 Å². The molecular formula is C11H24S2. The third kappa shape index (κ3) is 10.6. The summed E-state index contributed by atoms with van der Waals surface area (Å²) < 4.78 is 0. The Morgan fingerprint density at radius 3 is 2.00 bits per heavy atom. The van der Waals surface area contributed by atoms with Crippen LogP contribution in [-0.2, 0) is 0 Å². The second-order valence-corrected chi connectivity index (χ2v) is 5.70. The van der Waals surface area contributed by atoms with Gasteiger partial charge in [-0.15, -0.1) is 0 Å². The van der Waals surface area contributed by atoms with Crippen molar-refractivity contribution in [2.24, 2.45) is 5.92 Å². The number of hydrogen-bond acceptors (Lipinski definition) is 2. The Kier molecular flexibility index (Phi) is 11.4. The average molecular weight is 220 g/mol. The van der Waals surface area contributed by atoms with Crippen molar-refractivity contribution in [3.63, 3.8) is 0 Å². The minimum Gasteiger partial charge on any atom is -0.165 e. The lowest BCUT2D eigenvalue weighted by Crippen LogP contribution is -1.96. The van der Waals surface area contributed by atoms with Gasteiger partial charge in [0.2, 0.25) is 0 Å². The Labute approximate surface area is 92.6 Å². The minimum absolute atomic E-state index is 0.953. The maximum Gasteiger partial charge on any atom is -0.00702 e. The van der Waals surface area contributed by atoms with Crippen molar-refractivity contribution in [3.8, 4) is 0 Å². The molecule has 0 rings (SSSR count). The van der Waals surface area contributed by atoms with Gasteiger partial charge in [-0.05, 0) is 49.2 Å². The molecule has 0 aromatic rings. The molecule has 0 aliphatic rings. The fourth-order valence-corrected chi connectivity index (χ4v) is 2.41. The van der Waals surface area contributed by atoms with Gasteiger partial charge in [0.25, 0.3) is 0 Å². The molecule has 2 heteroatoms. The Hall–Kier alpha value is 0.700. The van der Waals surface area contributed by atoms with E-state index in [1.165, 1.54) is 43.6 Å².